The number of halogens is 2. The number of ether oxygens (including phenoxy) is 1. The molecule has 0 fully saturated rings. The van der Waals surface area contributed by atoms with E-state index in [4.69, 9.17) is 27.9 Å². The SMILES string of the molecule is CC(CCS)CCOc1cc(Cl)ccc1Cl. The van der Waals surface area contributed by atoms with E-state index in [0.717, 1.165) is 18.6 Å². The third-order valence-electron chi connectivity index (χ3n) is 2.38. The first-order valence-corrected chi connectivity index (χ1v) is 6.71. The third kappa shape index (κ3) is 4.86. The fraction of sp³-hybridized carbons (Fsp3) is 0.500. The Kier molecular flexibility index (Phi) is 6.40. The van der Waals surface area contributed by atoms with Gasteiger partial charge < -0.3 is 4.74 Å². The van der Waals surface area contributed by atoms with Crippen LogP contribution in [0.3, 0.4) is 0 Å². The third-order valence-corrected chi connectivity index (χ3v) is 3.19. The Morgan fingerprint density at radius 3 is 2.75 bits per heavy atom. The molecule has 0 aliphatic heterocycles. The van der Waals surface area contributed by atoms with E-state index in [1.807, 2.05) is 0 Å². The van der Waals surface area contributed by atoms with Crippen molar-refractivity contribution in [3.63, 3.8) is 0 Å². The van der Waals surface area contributed by atoms with Crippen LogP contribution in [-0.2, 0) is 0 Å². The van der Waals surface area contributed by atoms with Crippen LogP contribution in [0.5, 0.6) is 5.75 Å². The minimum Gasteiger partial charge on any atom is -0.492 e. The lowest BCUT2D eigenvalue weighted by molar-refractivity contribution is 0.282. The van der Waals surface area contributed by atoms with Crippen LogP contribution in [-0.4, -0.2) is 12.4 Å². The first-order chi connectivity index (χ1) is 7.63. The molecule has 0 saturated heterocycles. The molecule has 0 aliphatic carbocycles. The molecule has 1 rings (SSSR count). The highest BCUT2D eigenvalue weighted by atomic mass is 35.5. The van der Waals surface area contributed by atoms with Gasteiger partial charge in [-0.15, -0.1) is 0 Å². The predicted octanol–water partition coefficient (Wildman–Crippen LogP) is 4.72. The Hall–Kier alpha value is -0.0500. The van der Waals surface area contributed by atoms with Crippen LogP contribution in [0.4, 0.5) is 0 Å². The van der Waals surface area contributed by atoms with Crippen LogP contribution in [0.1, 0.15) is 19.8 Å². The molecule has 0 aliphatic rings. The van der Waals surface area contributed by atoms with Gasteiger partial charge in [0.1, 0.15) is 5.75 Å². The Bertz CT molecular complexity index is 331. The minimum absolute atomic E-state index is 0.603. The molecule has 1 nitrogen and oxygen atoms in total. The summed E-state index contributed by atoms with van der Waals surface area (Å²) < 4.78 is 5.59. The second-order valence-electron chi connectivity index (χ2n) is 3.83. The zero-order valence-corrected chi connectivity index (χ0v) is 11.7. The van der Waals surface area contributed by atoms with Gasteiger partial charge in [-0.1, -0.05) is 30.1 Å². The molecule has 1 unspecified atom stereocenters. The molecular weight excluding hydrogens is 263 g/mol. The summed E-state index contributed by atoms with van der Waals surface area (Å²) in [6.45, 7) is 2.86. The zero-order valence-electron chi connectivity index (χ0n) is 9.25. The fourth-order valence-electron chi connectivity index (χ4n) is 1.32. The topological polar surface area (TPSA) is 9.23 Å². The van der Waals surface area contributed by atoms with Gasteiger partial charge in [0, 0.05) is 11.1 Å². The molecule has 1 aromatic carbocycles. The smallest absolute Gasteiger partial charge is 0.139 e. The summed E-state index contributed by atoms with van der Waals surface area (Å²) in [5, 5.41) is 1.24. The van der Waals surface area contributed by atoms with Crippen molar-refractivity contribution < 1.29 is 4.74 Å². The molecule has 0 heterocycles. The van der Waals surface area contributed by atoms with Gasteiger partial charge in [-0.2, -0.15) is 12.6 Å². The van der Waals surface area contributed by atoms with E-state index in [2.05, 4.69) is 19.6 Å². The lowest BCUT2D eigenvalue weighted by Crippen LogP contribution is -2.05. The Balaban J connectivity index is 2.39. The normalized spacial score (nSPS) is 12.5. The maximum Gasteiger partial charge on any atom is 0.139 e. The van der Waals surface area contributed by atoms with Crippen LogP contribution in [0.2, 0.25) is 10.0 Å². The van der Waals surface area contributed by atoms with Crippen LogP contribution in [0.15, 0.2) is 18.2 Å². The first kappa shape index (κ1) is 14.0. The van der Waals surface area contributed by atoms with Gasteiger partial charge in [-0.3, -0.25) is 0 Å². The molecule has 90 valence electrons. The quantitative estimate of drug-likeness (QED) is 0.741. The van der Waals surface area contributed by atoms with Crippen molar-refractivity contribution in [3.05, 3.63) is 28.2 Å². The molecule has 0 amide bonds. The number of benzene rings is 1. The number of thiol groups is 1. The molecule has 0 aromatic heterocycles. The number of hydrogen-bond donors (Lipinski definition) is 1. The Morgan fingerprint density at radius 2 is 2.06 bits per heavy atom. The van der Waals surface area contributed by atoms with Gasteiger partial charge in [0.25, 0.3) is 0 Å². The van der Waals surface area contributed by atoms with E-state index in [1.54, 1.807) is 18.2 Å². The van der Waals surface area contributed by atoms with E-state index < -0.39 is 0 Å². The second-order valence-corrected chi connectivity index (χ2v) is 5.12. The largest absolute Gasteiger partial charge is 0.492 e. The number of hydrogen-bond acceptors (Lipinski definition) is 2. The molecular formula is C12H16Cl2OS. The number of rotatable bonds is 6. The van der Waals surface area contributed by atoms with Crippen LogP contribution in [0.25, 0.3) is 0 Å². The standard InChI is InChI=1S/C12H16Cl2OS/c1-9(5-7-16)4-6-15-12-8-10(13)2-3-11(12)14/h2-3,8-9,16H,4-7H2,1H3. The summed E-state index contributed by atoms with van der Waals surface area (Å²) in [6, 6.07) is 5.24. The maximum absolute atomic E-state index is 5.98. The van der Waals surface area contributed by atoms with Gasteiger partial charge >= 0.3 is 0 Å². The molecule has 16 heavy (non-hydrogen) atoms. The summed E-state index contributed by atoms with van der Waals surface area (Å²) in [4.78, 5) is 0. The van der Waals surface area contributed by atoms with Gasteiger partial charge in [-0.25, -0.2) is 0 Å². The van der Waals surface area contributed by atoms with E-state index in [1.165, 1.54) is 0 Å². The minimum atomic E-state index is 0.603. The van der Waals surface area contributed by atoms with E-state index in [0.29, 0.717) is 28.3 Å². The van der Waals surface area contributed by atoms with Gasteiger partial charge in [0.15, 0.2) is 0 Å². The van der Waals surface area contributed by atoms with Gasteiger partial charge in [-0.05, 0) is 36.6 Å². The molecule has 4 heteroatoms. The summed E-state index contributed by atoms with van der Waals surface area (Å²) >= 11 is 16.0. The second kappa shape index (κ2) is 7.31. The van der Waals surface area contributed by atoms with Crippen molar-refractivity contribution in [2.75, 3.05) is 12.4 Å². The van der Waals surface area contributed by atoms with Gasteiger partial charge in [0.05, 0.1) is 11.6 Å². The summed E-state index contributed by atoms with van der Waals surface area (Å²) in [5.74, 6) is 2.20. The van der Waals surface area contributed by atoms with Crippen molar-refractivity contribution >= 4 is 35.8 Å². The lowest BCUT2D eigenvalue weighted by atomic mass is 10.1. The summed E-state index contributed by atoms with van der Waals surface area (Å²) in [5.41, 5.74) is 0. The molecule has 0 radical (unpaired) electrons. The molecule has 0 N–H and O–H groups in total. The highest BCUT2D eigenvalue weighted by Crippen LogP contribution is 2.28. The van der Waals surface area contributed by atoms with Crippen molar-refractivity contribution in [2.24, 2.45) is 5.92 Å². The fourth-order valence-corrected chi connectivity index (χ4v) is 2.10. The summed E-state index contributed by atoms with van der Waals surface area (Å²) in [6.07, 6.45) is 2.11. The van der Waals surface area contributed by atoms with Crippen molar-refractivity contribution in [1.82, 2.24) is 0 Å². The van der Waals surface area contributed by atoms with Crippen LogP contribution < -0.4 is 4.74 Å². The average Bonchev–Trinajstić information content (AvgIpc) is 2.23. The van der Waals surface area contributed by atoms with E-state index >= 15 is 0 Å². The van der Waals surface area contributed by atoms with Crippen molar-refractivity contribution in [1.29, 1.82) is 0 Å². The highest BCUT2D eigenvalue weighted by Gasteiger charge is 2.04. The van der Waals surface area contributed by atoms with Crippen LogP contribution in [0, 0.1) is 5.92 Å². The average molecular weight is 279 g/mol. The summed E-state index contributed by atoms with van der Waals surface area (Å²) in [7, 11) is 0. The van der Waals surface area contributed by atoms with E-state index in [-0.39, 0.29) is 0 Å². The first-order valence-electron chi connectivity index (χ1n) is 5.32. The van der Waals surface area contributed by atoms with E-state index in [9.17, 15) is 0 Å². The highest BCUT2D eigenvalue weighted by molar-refractivity contribution is 7.80. The predicted molar refractivity (Wildman–Crippen MR) is 74.2 cm³/mol. The van der Waals surface area contributed by atoms with Crippen molar-refractivity contribution in [3.8, 4) is 5.75 Å². The van der Waals surface area contributed by atoms with Crippen LogP contribution >= 0.6 is 35.8 Å². The Labute approximate surface area is 112 Å². The molecule has 1 atom stereocenters. The monoisotopic (exact) mass is 278 g/mol. The molecule has 0 spiro atoms. The zero-order chi connectivity index (χ0) is 12.0. The van der Waals surface area contributed by atoms with Crippen molar-refractivity contribution in [2.45, 2.75) is 19.8 Å². The molecule has 0 saturated carbocycles. The molecule has 0 bridgehead atoms. The Morgan fingerprint density at radius 1 is 1.31 bits per heavy atom. The lowest BCUT2D eigenvalue weighted by Gasteiger charge is -2.12. The van der Waals surface area contributed by atoms with Gasteiger partial charge in [0.2, 0.25) is 0 Å². The maximum atomic E-state index is 5.98. The molecule has 1 aromatic rings.